The summed E-state index contributed by atoms with van der Waals surface area (Å²) in [5.74, 6) is -1.07. The van der Waals surface area contributed by atoms with Crippen LogP contribution in [0.3, 0.4) is 0 Å². The van der Waals surface area contributed by atoms with Crippen molar-refractivity contribution in [3.8, 4) is 0 Å². The maximum absolute atomic E-state index is 12.8. The number of hydrogen-bond donors (Lipinski definition) is 1. The quantitative estimate of drug-likeness (QED) is 0.597. The Morgan fingerprint density at radius 3 is 2.47 bits per heavy atom. The summed E-state index contributed by atoms with van der Waals surface area (Å²) in [7, 11) is 5.00. The van der Waals surface area contributed by atoms with Gasteiger partial charge >= 0.3 is 11.9 Å². The smallest absolute Gasteiger partial charge is 0.341 e. The lowest BCUT2D eigenvalue weighted by molar-refractivity contribution is -0.140. The first-order valence-electron chi connectivity index (χ1n) is 9.85. The highest BCUT2D eigenvalue weighted by molar-refractivity contribution is 5.93. The van der Waals surface area contributed by atoms with Crippen molar-refractivity contribution in [2.24, 2.45) is 5.92 Å². The van der Waals surface area contributed by atoms with Crippen molar-refractivity contribution in [3.05, 3.63) is 59.1 Å². The van der Waals surface area contributed by atoms with Gasteiger partial charge in [-0.15, -0.1) is 0 Å². The fraction of sp³-hybridized carbons (Fsp3) is 0.478. The first kappa shape index (κ1) is 22.1. The number of likely N-dealkylation sites (N-methyl/N-ethyl adjacent to an activating group) is 1. The van der Waals surface area contributed by atoms with Gasteiger partial charge in [0.25, 0.3) is 0 Å². The van der Waals surface area contributed by atoms with Crippen molar-refractivity contribution >= 4 is 11.9 Å². The fourth-order valence-corrected chi connectivity index (χ4v) is 4.35. The zero-order chi connectivity index (χ0) is 22.3. The molecule has 0 saturated carbocycles. The summed E-state index contributed by atoms with van der Waals surface area (Å²) in [6.07, 6.45) is 0.161. The molecule has 0 radical (unpaired) electrons. The van der Waals surface area contributed by atoms with Crippen molar-refractivity contribution < 1.29 is 28.6 Å². The van der Waals surface area contributed by atoms with E-state index in [0.29, 0.717) is 22.7 Å². The van der Waals surface area contributed by atoms with E-state index in [2.05, 4.69) is 13.2 Å². The second kappa shape index (κ2) is 8.24. The Kier molecular flexibility index (Phi) is 6.06. The molecule has 2 aliphatic heterocycles. The van der Waals surface area contributed by atoms with Gasteiger partial charge in [-0.05, 0) is 40.1 Å². The van der Waals surface area contributed by atoms with Crippen molar-refractivity contribution in [1.82, 2.24) is 4.90 Å². The lowest BCUT2D eigenvalue weighted by Gasteiger charge is -2.30. The van der Waals surface area contributed by atoms with Gasteiger partial charge in [0.2, 0.25) is 0 Å². The third-order valence-electron chi connectivity index (χ3n) is 5.87. The molecule has 30 heavy (non-hydrogen) atoms. The van der Waals surface area contributed by atoms with Crippen LogP contribution in [0.4, 0.5) is 0 Å². The maximum atomic E-state index is 12.8. The Morgan fingerprint density at radius 1 is 1.27 bits per heavy atom. The lowest BCUT2D eigenvalue weighted by atomic mass is 9.84. The number of carbonyl (C=O) groups excluding carboxylic acids is 2. The van der Waals surface area contributed by atoms with Crippen molar-refractivity contribution in [1.29, 1.82) is 0 Å². The minimum atomic E-state index is -1.01. The first-order valence-corrected chi connectivity index (χ1v) is 9.85. The van der Waals surface area contributed by atoms with Gasteiger partial charge in [0.05, 0.1) is 30.7 Å². The van der Waals surface area contributed by atoms with Crippen LogP contribution < -0.4 is 0 Å². The standard InChI is InChI=1S/C23H29NO6/c1-11(2)13-9-17-14(22(26)28-7)10-18(29-17)19(12(3)4)21-20(24(5)6)15(8-16(13)25)23(27)30-21/h8,10,13,16,19-21,25H,1,3,9H2,2,4-7H3/b15-8-/t13?,16?,19-,20+,21-/m0/s1. The van der Waals surface area contributed by atoms with E-state index in [0.717, 1.165) is 5.57 Å². The Balaban J connectivity index is 2.28. The zero-order valence-electron chi connectivity index (χ0n) is 18.1. The molecular weight excluding hydrogens is 386 g/mol. The molecule has 3 heterocycles. The predicted molar refractivity (Wildman–Crippen MR) is 111 cm³/mol. The van der Waals surface area contributed by atoms with Crippen LogP contribution in [0.15, 0.2) is 46.4 Å². The van der Waals surface area contributed by atoms with Gasteiger partial charge in [-0.2, -0.15) is 0 Å². The maximum Gasteiger partial charge on any atom is 0.341 e. The number of ether oxygens (including phenoxy) is 2. The predicted octanol–water partition coefficient (Wildman–Crippen LogP) is 2.62. The minimum absolute atomic E-state index is 0.236. The van der Waals surface area contributed by atoms with Gasteiger partial charge < -0.3 is 19.0 Å². The minimum Gasteiger partial charge on any atom is -0.465 e. The van der Waals surface area contributed by atoms with Crippen LogP contribution in [0.25, 0.3) is 0 Å². The van der Waals surface area contributed by atoms with E-state index in [1.165, 1.54) is 7.11 Å². The molecule has 1 aromatic heterocycles. The number of hydrogen-bond acceptors (Lipinski definition) is 7. The first-order chi connectivity index (χ1) is 14.1. The largest absolute Gasteiger partial charge is 0.465 e. The molecule has 3 rings (SSSR count). The molecule has 1 saturated heterocycles. The molecule has 4 bridgehead atoms. The second-order valence-corrected chi connectivity index (χ2v) is 8.35. The molecule has 1 aromatic rings. The molecule has 0 amide bonds. The van der Waals surface area contributed by atoms with Crippen molar-refractivity contribution in [2.45, 2.75) is 44.4 Å². The highest BCUT2D eigenvalue weighted by atomic mass is 16.6. The summed E-state index contributed by atoms with van der Waals surface area (Å²) in [6, 6.07) is 1.21. The summed E-state index contributed by atoms with van der Waals surface area (Å²) in [6.45, 7) is 11.7. The summed E-state index contributed by atoms with van der Waals surface area (Å²) < 4.78 is 16.8. The van der Waals surface area contributed by atoms with E-state index in [9.17, 15) is 14.7 Å². The zero-order valence-corrected chi connectivity index (χ0v) is 18.1. The van der Waals surface area contributed by atoms with Gasteiger partial charge in [-0.3, -0.25) is 4.90 Å². The van der Waals surface area contributed by atoms with Crippen LogP contribution in [0.1, 0.15) is 41.6 Å². The van der Waals surface area contributed by atoms with Gasteiger partial charge in [-0.25, -0.2) is 9.59 Å². The van der Waals surface area contributed by atoms with Crippen molar-refractivity contribution in [2.75, 3.05) is 21.2 Å². The molecule has 5 atom stereocenters. The SMILES string of the molecule is C=C(C)C1Cc2oc(cc2C(=O)OC)[C@H](C(=C)C)[C@@H]2OC(=O)/C(=C\C1O)[C@H]2N(C)C. The topological polar surface area (TPSA) is 89.2 Å². The van der Waals surface area contributed by atoms with E-state index < -0.39 is 42.0 Å². The molecular formula is C23H29NO6. The molecule has 2 unspecified atom stereocenters. The third-order valence-corrected chi connectivity index (χ3v) is 5.87. The molecule has 0 aromatic carbocycles. The number of aliphatic hydroxyl groups excluding tert-OH is 1. The monoisotopic (exact) mass is 415 g/mol. The average Bonchev–Trinajstić information content (AvgIpc) is 3.19. The molecule has 0 aliphatic carbocycles. The summed E-state index contributed by atoms with van der Waals surface area (Å²) in [4.78, 5) is 27.1. The van der Waals surface area contributed by atoms with E-state index in [4.69, 9.17) is 13.9 Å². The van der Waals surface area contributed by atoms with Crippen LogP contribution >= 0.6 is 0 Å². The van der Waals surface area contributed by atoms with Crippen molar-refractivity contribution in [3.63, 3.8) is 0 Å². The number of fused-ring (bicyclic) bond motifs is 4. The highest BCUT2D eigenvalue weighted by Gasteiger charge is 2.48. The fourth-order valence-electron chi connectivity index (χ4n) is 4.35. The number of carbonyl (C=O) groups is 2. The van der Waals surface area contributed by atoms with E-state index in [1.54, 1.807) is 19.1 Å². The second-order valence-electron chi connectivity index (χ2n) is 8.35. The molecule has 0 spiro atoms. The van der Waals surface area contributed by atoms with Crippen LogP contribution in [-0.4, -0.2) is 61.4 Å². The van der Waals surface area contributed by atoms with E-state index in [-0.39, 0.29) is 12.0 Å². The average molecular weight is 415 g/mol. The summed E-state index contributed by atoms with van der Waals surface area (Å²) in [5.41, 5.74) is 2.12. The molecule has 1 fully saturated rings. The van der Waals surface area contributed by atoms with Crippen LogP contribution in [0.5, 0.6) is 0 Å². The van der Waals surface area contributed by atoms with Gasteiger partial charge in [-0.1, -0.05) is 24.3 Å². The lowest BCUT2D eigenvalue weighted by Crippen LogP contribution is -2.40. The van der Waals surface area contributed by atoms with Crippen LogP contribution in [0, 0.1) is 5.92 Å². The van der Waals surface area contributed by atoms with Crippen LogP contribution in [0.2, 0.25) is 0 Å². The van der Waals surface area contributed by atoms with Gasteiger partial charge in [0, 0.05) is 12.3 Å². The number of methoxy groups -OCH3 is 1. The molecule has 2 aliphatic rings. The number of rotatable bonds is 4. The van der Waals surface area contributed by atoms with Crippen LogP contribution in [-0.2, 0) is 20.7 Å². The van der Waals surface area contributed by atoms with Gasteiger partial charge in [0.1, 0.15) is 23.2 Å². The third kappa shape index (κ3) is 3.75. The molecule has 7 heteroatoms. The number of esters is 2. The molecule has 162 valence electrons. The summed E-state index contributed by atoms with van der Waals surface area (Å²) >= 11 is 0. The van der Waals surface area contributed by atoms with E-state index in [1.807, 2.05) is 25.9 Å². The normalized spacial score (nSPS) is 30.2. The van der Waals surface area contributed by atoms with E-state index >= 15 is 0 Å². The summed E-state index contributed by atoms with van der Waals surface area (Å²) in [5, 5.41) is 11.0. The Morgan fingerprint density at radius 2 is 1.93 bits per heavy atom. The Hall–Kier alpha value is -2.64. The molecule has 7 nitrogen and oxygen atoms in total. The highest BCUT2D eigenvalue weighted by Crippen LogP contribution is 2.41. The number of nitrogens with zero attached hydrogens (tertiary/aromatic N) is 1. The number of aliphatic hydroxyl groups is 1. The Bertz CT molecular complexity index is 924. The Labute approximate surface area is 176 Å². The molecule has 1 N–H and O–H groups in total. The van der Waals surface area contributed by atoms with Gasteiger partial charge in [0.15, 0.2) is 0 Å². The number of furan rings is 1.